The van der Waals surface area contributed by atoms with Gasteiger partial charge in [0.15, 0.2) is 5.69 Å². The molecule has 0 amide bonds. The molecule has 4 heteroatoms. The predicted molar refractivity (Wildman–Crippen MR) is 86.0 cm³/mol. The van der Waals surface area contributed by atoms with Gasteiger partial charge in [0.2, 0.25) is 0 Å². The van der Waals surface area contributed by atoms with Gasteiger partial charge in [-0.1, -0.05) is 44.9 Å². The zero-order valence-electron chi connectivity index (χ0n) is 12.9. The maximum atomic E-state index is 9.25. The molecule has 110 valence electrons. The van der Waals surface area contributed by atoms with Crippen molar-refractivity contribution in [3.8, 4) is 6.07 Å². The van der Waals surface area contributed by atoms with Gasteiger partial charge in [-0.2, -0.15) is 5.26 Å². The van der Waals surface area contributed by atoms with Crippen molar-refractivity contribution in [1.82, 2.24) is 10.2 Å². The average Bonchev–Trinajstić information content (AvgIpc) is 2.47. The van der Waals surface area contributed by atoms with E-state index in [0.717, 1.165) is 28.9 Å². The van der Waals surface area contributed by atoms with Crippen molar-refractivity contribution in [1.29, 1.82) is 5.26 Å². The van der Waals surface area contributed by atoms with Crippen LogP contribution in [0.1, 0.15) is 45.7 Å². The topological polar surface area (TPSA) is 61.6 Å². The summed E-state index contributed by atoms with van der Waals surface area (Å²) in [6.45, 7) is 6.63. The first-order valence-corrected chi connectivity index (χ1v) is 7.54. The van der Waals surface area contributed by atoms with E-state index in [1.54, 1.807) is 0 Å². The number of anilines is 1. The number of benzene rings is 1. The third kappa shape index (κ3) is 3.91. The predicted octanol–water partition coefficient (Wildman–Crippen LogP) is 4.13. The Morgan fingerprint density at radius 3 is 2.62 bits per heavy atom. The molecule has 0 fully saturated rings. The van der Waals surface area contributed by atoms with Crippen LogP contribution in [0, 0.1) is 17.2 Å². The van der Waals surface area contributed by atoms with Gasteiger partial charge in [-0.05, 0) is 25.3 Å². The molecule has 1 aromatic carbocycles. The van der Waals surface area contributed by atoms with E-state index in [9.17, 15) is 5.26 Å². The minimum absolute atomic E-state index is 0.309. The fraction of sp³-hybridized carbons (Fsp3) is 0.471. The van der Waals surface area contributed by atoms with E-state index in [0.29, 0.717) is 11.7 Å². The van der Waals surface area contributed by atoms with Crippen molar-refractivity contribution in [2.45, 2.75) is 46.1 Å². The Morgan fingerprint density at radius 2 is 1.90 bits per heavy atom. The van der Waals surface area contributed by atoms with Gasteiger partial charge in [-0.15, -0.1) is 10.2 Å². The Bertz CT molecular complexity index is 643. The fourth-order valence-electron chi connectivity index (χ4n) is 2.43. The molecule has 0 radical (unpaired) electrons. The van der Waals surface area contributed by atoms with Crippen molar-refractivity contribution in [3.05, 3.63) is 30.0 Å². The zero-order valence-corrected chi connectivity index (χ0v) is 12.9. The molecule has 1 N–H and O–H groups in total. The highest BCUT2D eigenvalue weighted by Gasteiger charge is 2.12. The Morgan fingerprint density at radius 1 is 1.14 bits per heavy atom. The Hall–Kier alpha value is -2.15. The molecule has 2 aromatic rings. The number of nitrogens with one attached hydrogen (secondary N) is 1. The normalized spacial score (nSPS) is 12.3. The van der Waals surface area contributed by atoms with Crippen molar-refractivity contribution in [2.75, 3.05) is 5.32 Å². The highest BCUT2D eigenvalue weighted by atomic mass is 15.1. The summed E-state index contributed by atoms with van der Waals surface area (Å²) >= 11 is 0. The van der Waals surface area contributed by atoms with E-state index in [1.807, 2.05) is 24.3 Å². The summed E-state index contributed by atoms with van der Waals surface area (Å²) in [7, 11) is 0. The molecule has 1 aromatic heterocycles. The van der Waals surface area contributed by atoms with Crippen LogP contribution in [0.4, 0.5) is 5.69 Å². The molecule has 0 saturated heterocycles. The summed E-state index contributed by atoms with van der Waals surface area (Å²) in [6.07, 6.45) is 3.50. The molecule has 1 atom stereocenters. The Labute approximate surface area is 126 Å². The van der Waals surface area contributed by atoms with Gasteiger partial charge in [-0.3, -0.25) is 0 Å². The van der Waals surface area contributed by atoms with Crippen LogP contribution in [0.2, 0.25) is 0 Å². The Kier molecular flexibility index (Phi) is 5.10. The van der Waals surface area contributed by atoms with Crippen LogP contribution in [-0.2, 0) is 0 Å². The van der Waals surface area contributed by atoms with Crippen molar-refractivity contribution < 1.29 is 0 Å². The van der Waals surface area contributed by atoms with Gasteiger partial charge in [-0.25, -0.2) is 0 Å². The van der Waals surface area contributed by atoms with Gasteiger partial charge >= 0.3 is 0 Å². The van der Waals surface area contributed by atoms with Gasteiger partial charge < -0.3 is 5.32 Å². The van der Waals surface area contributed by atoms with Crippen LogP contribution >= 0.6 is 0 Å². The van der Waals surface area contributed by atoms with Crippen LogP contribution in [0.3, 0.4) is 0 Å². The smallest absolute Gasteiger partial charge is 0.186 e. The number of fused-ring (bicyclic) bond motifs is 1. The van der Waals surface area contributed by atoms with Crippen LogP contribution in [-0.4, -0.2) is 16.2 Å². The molecule has 0 spiro atoms. The van der Waals surface area contributed by atoms with Gasteiger partial charge in [0.05, 0.1) is 11.2 Å². The molecule has 0 aliphatic rings. The summed E-state index contributed by atoms with van der Waals surface area (Å²) in [5.74, 6) is 0.732. The van der Waals surface area contributed by atoms with Crippen LogP contribution in [0.15, 0.2) is 24.3 Å². The molecule has 4 nitrogen and oxygen atoms in total. The first-order valence-electron chi connectivity index (χ1n) is 7.54. The molecule has 0 saturated carbocycles. The number of rotatable bonds is 6. The monoisotopic (exact) mass is 282 g/mol. The lowest BCUT2D eigenvalue weighted by molar-refractivity contribution is 0.520. The molecule has 0 aliphatic carbocycles. The second-order valence-corrected chi connectivity index (χ2v) is 5.92. The maximum Gasteiger partial charge on any atom is 0.186 e. The number of hydrogen-bond acceptors (Lipinski definition) is 4. The molecular weight excluding hydrogens is 260 g/mol. The standard InChI is InChI=1S/C17H22N4/c1-12(2)7-6-8-13(3)19-17-14-9-4-5-10-15(14)20-21-16(17)11-18/h4-5,9-10,12-13H,6-8H2,1-3H3,(H,19,20). The van der Waals surface area contributed by atoms with E-state index in [2.05, 4.69) is 42.4 Å². The second-order valence-electron chi connectivity index (χ2n) is 5.92. The third-order valence-corrected chi connectivity index (χ3v) is 3.58. The molecule has 1 heterocycles. The van der Waals surface area contributed by atoms with Gasteiger partial charge in [0.25, 0.3) is 0 Å². The average molecular weight is 282 g/mol. The van der Waals surface area contributed by atoms with Gasteiger partial charge in [0.1, 0.15) is 6.07 Å². The maximum absolute atomic E-state index is 9.25. The summed E-state index contributed by atoms with van der Waals surface area (Å²) in [6, 6.07) is 10.2. The SMILES string of the molecule is CC(C)CCCC(C)Nc1c(C#N)nnc2ccccc12. The highest BCUT2D eigenvalue weighted by molar-refractivity contribution is 5.92. The highest BCUT2D eigenvalue weighted by Crippen LogP contribution is 2.25. The largest absolute Gasteiger partial charge is 0.380 e. The molecule has 0 bridgehead atoms. The first kappa shape index (κ1) is 15.2. The fourth-order valence-corrected chi connectivity index (χ4v) is 2.43. The van der Waals surface area contributed by atoms with E-state index in [-0.39, 0.29) is 0 Å². The van der Waals surface area contributed by atoms with Crippen molar-refractivity contribution >= 4 is 16.6 Å². The van der Waals surface area contributed by atoms with E-state index >= 15 is 0 Å². The summed E-state index contributed by atoms with van der Waals surface area (Å²) in [5, 5.41) is 21.8. The number of hydrogen-bond donors (Lipinski definition) is 1. The van der Waals surface area contributed by atoms with Crippen molar-refractivity contribution in [3.63, 3.8) is 0 Å². The number of nitriles is 1. The second kappa shape index (κ2) is 7.03. The lowest BCUT2D eigenvalue weighted by Gasteiger charge is -2.17. The molecule has 21 heavy (non-hydrogen) atoms. The number of nitrogens with zero attached hydrogens (tertiary/aromatic N) is 3. The van der Waals surface area contributed by atoms with Crippen molar-refractivity contribution in [2.24, 2.45) is 5.92 Å². The van der Waals surface area contributed by atoms with E-state index in [1.165, 1.54) is 12.8 Å². The quantitative estimate of drug-likeness (QED) is 0.865. The third-order valence-electron chi connectivity index (χ3n) is 3.58. The molecule has 1 unspecified atom stereocenters. The zero-order chi connectivity index (χ0) is 15.2. The summed E-state index contributed by atoms with van der Waals surface area (Å²) in [4.78, 5) is 0. The van der Waals surface area contributed by atoms with E-state index in [4.69, 9.17) is 0 Å². The minimum atomic E-state index is 0.309. The van der Waals surface area contributed by atoms with Crippen LogP contribution in [0.5, 0.6) is 0 Å². The van der Waals surface area contributed by atoms with Crippen LogP contribution in [0.25, 0.3) is 10.9 Å². The first-order chi connectivity index (χ1) is 10.1. The Balaban J connectivity index is 2.18. The lowest BCUT2D eigenvalue weighted by atomic mass is 10.0. The van der Waals surface area contributed by atoms with Crippen LogP contribution < -0.4 is 5.32 Å². The number of aromatic nitrogens is 2. The summed E-state index contributed by atoms with van der Waals surface area (Å²) < 4.78 is 0. The minimum Gasteiger partial charge on any atom is -0.380 e. The molecule has 2 rings (SSSR count). The lowest BCUT2D eigenvalue weighted by Crippen LogP contribution is -2.17. The summed E-state index contributed by atoms with van der Waals surface area (Å²) in [5.41, 5.74) is 1.98. The molecular formula is C17H22N4. The van der Waals surface area contributed by atoms with E-state index < -0.39 is 0 Å². The molecule has 0 aliphatic heterocycles. The van der Waals surface area contributed by atoms with Gasteiger partial charge in [0, 0.05) is 11.4 Å².